The lowest BCUT2D eigenvalue weighted by molar-refractivity contribution is -0.345. The van der Waals surface area contributed by atoms with Gasteiger partial charge in [-0.2, -0.15) is 0 Å². The molecule has 0 spiro atoms. The molecule has 0 aliphatic heterocycles. The zero-order valence-corrected chi connectivity index (χ0v) is 11.1. The molecule has 6 heteroatoms. The van der Waals surface area contributed by atoms with Gasteiger partial charge in [0.1, 0.15) is 0 Å². The van der Waals surface area contributed by atoms with Crippen molar-refractivity contribution in [1.29, 1.82) is 0 Å². The normalized spacial score (nSPS) is 8.29. The summed E-state index contributed by atoms with van der Waals surface area (Å²) in [6.07, 6.45) is 13.2. The van der Waals surface area contributed by atoms with Crippen LogP contribution in [0.4, 0.5) is 0 Å². The Morgan fingerprint density at radius 1 is 0.714 bits per heavy atom. The van der Waals surface area contributed by atoms with Crippen molar-refractivity contribution in [2.75, 3.05) is 37.5 Å². The molecule has 0 heterocycles. The van der Waals surface area contributed by atoms with E-state index in [9.17, 15) is 0 Å². The molecule has 4 nitrogen and oxygen atoms in total. The molecule has 14 heavy (non-hydrogen) atoms. The van der Waals surface area contributed by atoms with E-state index >= 15 is 0 Å². The number of rotatable bonds is 0. The quantitative estimate of drug-likeness (QED) is 0.347. The van der Waals surface area contributed by atoms with Gasteiger partial charge in [-0.3, -0.25) is 0 Å². The molecule has 0 aliphatic rings. The molecular weight excluding hydrogens is 224 g/mol. The van der Waals surface area contributed by atoms with Gasteiger partial charge in [-0.1, -0.05) is 0 Å². The van der Waals surface area contributed by atoms with E-state index in [1.54, 1.807) is 0 Å². The van der Waals surface area contributed by atoms with E-state index in [4.69, 9.17) is 19.8 Å². The maximum Gasteiger partial charge on any atom is 0.0969 e. The molecule has 0 N–H and O–H groups in total. The first kappa shape index (κ1) is 19.2. The van der Waals surface area contributed by atoms with Crippen molar-refractivity contribution in [1.82, 2.24) is 0 Å². The van der Waals surface area contributed by atoms with Gasteiger partial charge in [-0.05, 0) is 21.8 Å². The number of carbonyl (C=O) groups is 2. The molecule has 0 bridgehead atoms. The standard InChI is InChI=1S/2C3H9S.C2H2O4/c2*1-4(2)3;3-1(4)2(5)6/h2*1-3H3;(H,3,4)(H,5,6)/q2*+1;/p-2. The molecule has 0 amide bonds. The highest BCUT2D eigenvalue weighted by molar-refractivity contribution is 7.95. The molecule has 0 saturated heterocycles. The zero-order valence-electron chi connectivity index (χ0n) is 9.45. The lowest BCUT2D eigenvalue weighted by atomic mass is 10.7. The first-order valence-electron chi connectivity index (χ1n) is 3.52. The first-order chi connectivity index (χ1) is 6.11. The predicted octanol–water partition coefficient (Wildman–Crippen LogP) is -2.53. The van der Waals surface area contributed by atoms with Gasteiger partial charge in [0, 0.05) is 0 Å². The number of hydrogen-bond donors (Lipinski definition) is 0. The highest BCUT2D eigenvalue weighted by atomic mass is 32.2. The fourth-order valence-corrected chi connectivity index (χ4v) is 0. The van der Waals surface area contributed by atoms with Crippen LogP contribution in [0.2, 0.25) is 0 Å². The number of carboxylic acid groups (broad SMARTS) is 2. The Bertz CT molecular complexity index is 134. The summed E-state index contributed by atoms with van der Waals surface area (Å²) in [4.78, 5) is 17.9. The number of aliphatic carboxylic acids is 2. The van der Waals surface area contributed by atoms with E-state index in [0.717, 1.165) is 0 Å². The van der Waals surface area contributed by atoms with Crippen LogP contribution in [0.5, 0.6) is 0 Å². The first-order valence-corrected chi connectivity index (χ1v) is 8.41. The summed E-state index contributed by atoms with van der Waals surface area (Å²) in [5, 5.41) is 17.9. The van der Waals surface area contributed by atoms with Crippen LogP contribution in [-0.2, 0) is 31.4 Å². The topological polar surface area (TPSA) is 80.3 Å². The van der Waals surface area contributed by atoms with Crippen LogP contribution in [0, 0.1) is 0 Å². The summed E-state index contributed by atoms with van der Waals surface area (Å²) in [6.45, 7) is 0. The van der Waals surface area contributed by atoms with E-state index in [1.165, 1.54) is 0 Å². The van der Waals surface area contributed by atoms with Crippen LogP contribution >= 0.6 is 0 Å². The minimum atomic E-state index is -2.19. The largest absolute Gasteiger partial charge is 0.543 e. The molecule has 0 unspecified atom stereocenters. The van der Waals surface area contributed by atoms with E-state index in [-0.39, 0.29) is 0 Å². The molecule has 0 radical (unpaired) electrons. The Morgan fingerprint density at radius 2 is 0.786 bits per heavy atom. The van der Waals surface area contributed by atoms with E-state index in [2.05, 4.69) is 37.5 Å². The summed E-state index contributed by atoms with van der Waals surface area (Å²) >= 11 is 0. The Hall–Kier alpha value is -0.360. The highest BCUT2D eigenvalue weighted by Gasteiger charge is 1.78. The maximum absolute atomic E-state index is 8.93. The highest BCUT2D eigenvalue weighted by Crippen LogP contribution is 1.64. The van der Waals surface area contributed by atoms with Crippen LogP contribution in [0.3, 0.4) is 0 Å². The van der Waals surface area contributed by atoms with Crippen molar-refractivity contribution in [3.63, 3.8) is 0 Å². The Labute approximate surface area is 91.4 Å². The molecule has 0 aromatic rings. The van der Waals surface area contributed by atoms with E-state index in [1.807, 2.05) is 0 Å². The third kappa shape index (κ3) is 99.5. The van der Waals surface area contributed by atoms with Crippen LogP contribution in [0.15, 0.2) is 0 Å². The molecule has 0 fully saturated rings. The van der Waals surface area contributed by atoms with Crippen molar-refractivity contribution in [3.05, 3.63) is 0 Å². The lowest BCUT2D eigenvalue weighted by Crippen LogP contribution is -2.42. The maximum atomic E-state index is 8.93. The molecule has 0 saturated carbocycles. The van der Waals surface area contributed by atoms with Gasteiger partial charge in [0.25, 0.3) is 0 Å². The second kappa shape index (κ2) is 12.6. The van der Waals surface area contributed by atoms with E-state index in [0.29, 0.717) is 21.8 Å². The zero-order chi connectivity index (χ0) is 12.3. The number of hydrogen-bond acceptors (Lipinski definition) is 4. The Morgan fingerprint density at radius 3 is 0.786 bits per heavy atom. The second-order valence-electron chi connectivity index (χ2n) is 3.02. The molecule has 86 valence electrons. The van der Waals surface area contributed by atoms with Crippen LogP contribution < -0.4 is 10.2 Å². The molecule has 0 atom stereocenters. The van der Waals surface area contributed by atoms with Gasteiger partial charge in [0.15, 0.2) is 0 Å². The molecule has 0 aromatic carbocycles. The van der Waals surface area contributed by atoms with Gasteiger partial charge in [0.05, 0.1) is 49.5 Å². The van der Waals surface area contributed by atoms with Crippen molar-refractivity contribution >= 4 is 33.7 Å². The number of carboxylic acids is 2. The van der Waals surface area contributed by atoms with E-state index < -0.39 is 11.9 Å². The van der Waals surface area contributed by atoms with Crippen LogP contribution in [0.25, 0.3) is 0 Å². The summed E-state index contributed by atoms with van der Waals surface area (Å²) < 4.78 is 0. The minimum absolute atomic E-state index is 0.639. The van der Waals surface area contributed by atoms with Gasteiger partial charge in [-0.15, -0.1) is 0 Å². The number of carbonyl (C=O) groups excluding carboxylic acids is 2. The van der Waals surface area contributed by atoms with Crippen LogP contribution in [0.1, 0.15) is 0 Å². The summed E-state index contributed by atoms with van der Waals surface area (Å²) in [7, 11) is 1.28. The molecule has 0 aliphatic carbocycles. The Kier molecular flexibility index (Phi) is 17.4. The summed E-state index contributed by atoms with van der Waals surface area (Å²) in [5.41, 5.74) is 0. The Balaban J connectivity index is -0.000000135. The monoisotopic (exact) mass is 242 g/mol. The fourth-order valence-electron chi connectivity index (χ4n) is 0. The average molecular weight is 242 g/mol. The van der Waals surface area contributed by atoms with Crippen molar-refractivity contribution in [3.8, 4) is 0 Å². The molecule has 0 aromatic heterocycles. The molecular formula is C8H18O4S2. The lowest BCUT2D eigenvalue weighted by Gasteiger charge is -1.97. The summed E-state index contributed by atoms with van der Waals surface area (Å²) in [5.74, 6) is -4.37. The third-order valence-corrected chi connectivity index (χ3v) is 0.167. The fraction of sp³-hybridized carbons (Fsp3) is 0.750. The van der Waals surface area contributed by atoms with Crippen molar-refractivity contribution < 1.29 is 19.8 Å². The van der Waals surface area contributed by atoms with Gasteiger partial charge in [0.2, 0.25) is 0 Å². The molecule has 0 rings (SSSR count). The second-order valence-corrected chi connectivity index (χ2v) is 7.92. The minimum Gasteiger partial charge on any atom is -0.543 e. The third-order valence-electron chi connectivity index (χ3n) is 0.167. The van der Waals surface area contributed by atoms with Gasteiger partial charge < -0.3 is 19.8 Å². The smallest absolute Gasteiger partial charge is 0.0969 e. The SMILES string of the molecule is C[S+](C)C.C[S+](C)C.O=C([O-])C(=O)[O-]. The predicted molar refractivity (Wildman–Crippen MR) is 60.3 cm³/mol. The van der Waals surface area contributed by atoms with Gasteiger partial charge >= 0.3 is 0 Å². The summed E-state index contributed by atoms with van der Waals surface area (Å²) in [6, 6.07) is 0. The average Bonchev–Trinajstić information content (AvgIpc) is 1.83. The van der Waals surface area contributed by atoms with Gasteiger partial charge in [-0.25, -0.2) is 0 Å². The van der Waals surface area contributed by atoms with Crippen molar-refractivity contribution in [2.24, 2.45) is 0 Å². The van der Waals surface area contributed by atoms with Crippen molar-refractivity contribution in [2.45, 2.75) is 0 Å². The van der Waals surface area contributed by atoms with Crippen LogP contribution in [-0.4, -0.2) is 49.5 Å².